The van der Waals surface area contributed by atoms with Crippen LogP contribution >= 0.6 is 0 Å². The van der Waals surface area contributed by atoms with E-state index < -0.39 is 0 Å². The normalized spacial score (nSPS) is 18.1. The van der Waals surface area contributed by atoms with Crippen LogP contribution in [0.25, 0.3) is 0 Å². The van der Waals surface area contributed by atoms with E-state index in [1.165, 1.54) is 12.8 Å². The number of rotatable bonds is 10. The summed E-state index contributed by atoms with van der Waals surface area (Å²) in [5.41, 5.74) is -0.0978. The molecule has 1 atom stereocenters. The minimum atomic E-state index is -0.0978. The molecule has 2 rings (SSSR count). The van der Waals surface area contributed by atoms with Gasteiger partial charge in [0, 0.05) is 31.0 Å². The molecule has 0 saturated heterocycles. The molecule has 1 aliphatic rings. The molecule has 0 amide bonds. The van der Waals surface area contributed by atoms with Crippen LogP contribution in [0.1, 0.15) is 44.9 Å². The van der Waals surface area contributed by atoms with E-state index in [1.54, 1.807) is 0 Å². The first-order valence-electron chi connectivity index (χ1n) is 8.06. The number of unbranched alkanes of at least 4 members (excludes halogenated alkanes) is 1. The largest absolute Gasteiger partial charge is 0.394 e. The van der Waals surface area contributed by atoms with E-state index in [0.717, 1.165) is 38.2 Å². The van der Waals surface area contributed by atoms with Crippen LogP contribution in [0.4, 0.5) is 0 Å². The Morgan fingerprint density at radius 1 is 1.48 bits per heavy atom. The Bertz CT molecular complexity index is 430. The van der Waals surface area contributed by atoms with E-state index in [0.29, 0.717) is 6.04 Å². The summed E-state index contributed by atoms with van der Waals surface area (Å²) in [4.78, 5) is 6.67. The minimum Gasteiger partial charge on any atom is -0.394 e. The summed E-state index contributed by atoms with van der Waals surface area (Å²) in [6.07, 6.45) is 9.70. The molecule has 0 aromatic carbocycles. The van der Waals surface area contributed by atoms with Gasteiger partial charge in [-0.3, -0.25) is 4.90 Å². The van der Waals surface area contributed by atoms with Crippen molar-refractivity contribution >= 4 is 0 Å². The van der Waals surface area contributed by atoms with Gasteiger partial charge in [-0.1, -0.05) is 6.42 Å². The van der Waals surface area contributed by atoms with Crippen LogP contribution in [-0.4, -0.2) is 51.3 Å². The molecular formula is C16H30N4O. The predicted octanol–water partition coefficient (Wildman–Crippen LogP) is 1.53. The summed E-state index contributed by atoms with van der Waals surface area (Å²) in [7, 11) is 4.18. The number of aliphatic hydroxyl groups excluding tert-OH is 1. The fourth-order valence-electron chi connectivity index (χ4n) is 2.68. The first-order valence-corrected chi connectivity index (χ1v) is 8.06. The molecule has 0 spiro atoms. The van der Waals surface area contributed by atoms with Crippen LogP contribution < -0.4 is 5.32 Å². The SMILES string of the molecule is CN(CCCCC(C)(CO)NC1CC1)Cc1nccn1C. The van der Waals surface area contributed by atoms with Gasteiger partial charge in [-0.25, -0.2) is 4.98 Å². The summed E-state index contributed by atoms with van der Waals surface area (Å²) in [5.74, 6) is 1.10. The lowest BCUT2D eigenvalue weighted by atomic mass is 9.95. The molecular weight excluding hydrogens is 264 g/mol. The summed E-state index contributed by atoms with van der Waals surface area (Å²) in [5, 5.41) is 13.2. The van der Waals surface area contributed by atoms with Gasteiger partial charge in [-0.15, -0.1) is 0 Å². The molecule has 5 nitrogen and oxygen atoms in total. The van der Waals surface area contributed by atoms with Crippen LogP contribution in [0.15, 0.2) is 12.4 Å². The summed E-state index contributed by atoms with van der Waals surface area (Å²) in [6, 6.07) is 0.647. The maximum absolute atomic E-state index is 9.59. The van der Waals surface area contributed by atoms with Gasteiger partial charge in [0.05, 0.1) is 13.2 Å². The lowest BCUT2D eigenvalue weighted by Gasteiger charge is -2.29. The van der Waals surface area contributed by atoms with Gasteiger partial charge in [0.15, 0.2) is 0 Å². The lowest BCUT2D eigenvalue weighted by molar-refractivity contribution is 0.159. The Labute approximate surface area is 128 Å². The van der Waals surface area contributed by atoms with Crippen molar-refractivity contribution < 1.29 is 5.11 Å². The average molecular weight is 294 g/mol. The van der Waals surface area contributed by atoms with Crippen molar-refractivity contribution in [2.24, 2.45) is 7.05 Å². The van der Waals surface area contributed by atoms with Crippen LogP contribution in [0.5, 0.6) is 0 Å². The zero-order valence-corrected chi connectivity index (χ0v) is 13.7. The molecule has 1 aromatic heterocycles. The maximum Gasteiger partial charge on any atom is 0.122 e. The van der Waals surface area contributed by atoms with E-state index in [2.05, 4.69) is 33.7 Å². The highest BCUT2D eigenvalue weighted by molar-refractivity contribution is 4.92. The van der Waals surface area contributed by atoms with Gasteiger partial charge in [-0.05, 0) is 46.2 Å². The van der Waals surface area contributed by atoms with Gasteiger partial charge in [0.2, 0.25) is 0 Å². The molecule has 1 unspecified atom stereocenters. The minimum absolute atomic E-state index is 0.0978. The standard InChI is InChI=1S/C16H30N4O/c1-16(13-21,18-14-6-7-14)8-4-5-10-19(2)12-15-17-9-11-20(15)3/h9,11,14,18,21H,4-8,10,12-13H2,1-3H3. The van der Waals surface area contributed by atoms with Crippen molar-refractivity contribution in [2.75, 3.05) is 20.2 Å². The molecule has 0 radical (unpaired) electrons. The molecule has 5 heteroatoms. The Kier molecular flexibility index (Phi) is 5.79. The smallest absolute Gasteiger partial charge is 0.122 e. The quantitative estimate of drug-likeness (QED) is 0.643. The molecule has 120 valence electrons. The number of aryl methyl sites for hydroxylation is 1. The van der Waals surface area contributed by atoms with Crippen molar-refractivity contribution in [3.8, 4) is 0 Å². The van der Waals surface area contributed by atoms with Crippen molar-refractivity contribution in [2.45, 2.75) is 57.2 Å². The summed E-state index contributed by atoms with van der Waals surface area (Å²) >= 11 is 0. The Morgan fingerprint density at radius 2 is 2.24 bits per heavy atom. The van der Waals surface area contributed by atoms with Crippen LogP contribution in [0.2, 0.25) is 0 Å². The van der Waals surface area contributed by atoms with E-state index in [1.807, 2.05) is 19.4 Å². The van der Waals surface area contributed by atoms with Crippen LogP contribution in [0.3, 0.4) is 0 Å². The number of hydrogen-bond acceptors (Lipinski definition) is 4. The number of nitrogens with zero attached hydrogens (tertiary/aromatic N) is 3. The molecule has 1 fully saturated rings. The Hall–Kier alpha value is -0.910. The van der Waals surface area contributed by atoms with Crippen molar-refractivity contribution in [3.05, 3.63) is 18.2 Å². The predicted molar refractivity (Wildman–Crippen MR) is 85.0 cm³/mol. The molecule has 0 aliphatic heterocycles. The second kappa shape index (κ2) is 7.38. The third kappa shape index (κ3) is 5.41. The van der Waals surface area contributed by atoms with Gasteiger partial charge >= 0.3 is 0 Å². The first kappa shape index (κ1) is 16.5. The van der Waals surface area contributed by atoms with Crippen LogP contribution in [0, 0.1) is 0 Å². The van der Waals surface area contributed by atoms with Crippen LogP contribution in [-0.2, 0) is 13.6 Å². The van der Waals surface area contributed by atoms with Crippen molar-refractivity contribution in [1.82, 2.24) is 19.8 Å². The number of aliphatic hydroxyl groups is 1. The number of imidazole rings is 1. The topological polar surface area (TPSA) is 53.3 Å². The van der Waals surface area contributed by atoms with Gasteiger partial charge < -0.3 is 15.0 Å². The Morgan fingerprint density at radius 3 is 2.81 bits per heavy atom. The van der Waals surface area contributed by atoms with E-state index in [4.69, 9.17) is 0 Å². The third-order valence-electron chi connectivity index (χ3n) is 4.33. The van der Waals surface area contributed by atoms with Gasteiger partial charge in [-0.2, -0.15) is 0 Å². The van der Waals surface area contributed by atoms with E-state index in [-0.39, 0.29) is 12.1 Å². The van der Waals surface area contributed by atoms with E-state index >= 15 is 0 Å². The highest BCUT2D eigenvalue weighted by Crippen LogP contribution is 2.24. The second-order valence-electron chi connectivity index (χ2n) is 6.79. The molecule has 2 N–H and O–H groups in total. The maximum atomic E-state index is 9.59. The third-order valence-corrected chi connectivity index (χ3v) is 4.33. The van der Waals surface area contributed by atoms with E-state index in [9.17, 15) is 5.11 Å². The summed E-state index contributed by atoms with van der Waals surface area (Å²) in [6.45, 7) is 4.33. The van der Waals surface area contributed by atoms with Crippen molar-refractivity contribution in [3.63, 3.8) is 0 Å². The van der Waals surface area contributed by atoms with Crippen molar-refractivity contribution in [1.29, 1.82) is 0 Å². The highest BCUT2D eigenvalue weighted by atomic mass is 16.3. The molecule has 1 aliphatic carbocycles. The second-order valence-corrected chi connectivity index (χ2v) is 6.79. The molecule has 1 heterocycles. The zero-order chi connectivity index (χ0) is 15.3. The summed E-state index contributed by atoms with van der Waals surface area (Å²) < 4.78 is 2.07. The first-order chi connectivity index (χ1) is 10.0. The monoisotopic (exact) mass is 294 g/mol. The van der Waals surface area contributed by atoms with Gasteiger partial charge in [0.1, 0.15) is 5.82 Å². The number of hydrogen-bond donors (Lipinski definition) is 2. The van der Waals surface area contributed by atoms with Gasteiger partial charge in [0.25, 0.3) is 0 Å². The molecule has 1 aromatic rings. The lowest BCUT2D eigenvalue weighted by Crippen LogP contribution is -2.46. The number of aromatic nitrogens is 2. The molecule has 1 saturated carbocycles. The average Bonchev–Trinajstić information content (AvgIpc) is 3.17. The fraction of sp³-hybridized carbons (Fsp3) is 0.812. The Balaban J connectivity index is 1.63. The molecule has 0 bridgehead atoms. The molecule has 21 heavy (non-hydrogen) atoms. The highest BCUT2D eigenvalue weighted by Gasteiger charge is 2.31. The zero-order valence-electron chi connectivity index (χ0n) is 13.7. The fourth-order valence-corrected chi connectivity index (χ4v) is 2.68. The number of nitrogens with one attached hydrogen (secondary N) is 1.